The van der Waals surface area contributed by atoms with E-state index in [1.165, 1.54) is 0 Å². The number of nitrogens with zero attached hydrogens (tertiary/aromatic N) is 3. The molecular formula is C26H24ClN5OS2. The van der Waals surface area contributed by atoms with Crippen molar-refractivity contribution in [3.63, 3.8) is 0 Å². The summed E-state index contributed by atoms with van der Waals surface area (Å²) in [5.74, 6) is 1.19. The van der Waals surface area contributed by atoms with Gasteiger partial charge in [0.15, 0.2) is 0 Å². The molecule has 178 valence electrons. The highest BCUT2D eigenvalue weighted by Crippen LogP contribution is 2.38. The molecule has 3 heterocycles. The van der Waals surface area contributed by atoms with Gasteiger partial charge in [0.25, 0.3) is 5.91 Å². The van der Waals surface area contributed by atoms with Gasteiger partial charge in [-0.25, -0.2) is 4.68 Å². The number of aryl methyl sites for hydroxylation is 2. The molecule has 0 unspecified atom stereocenters. The zero-order chi connectivity index (χ0) is 24.5. The van der Waals surface area contributed by atoms with E-state index < -0.39 is 0 Å². The summed E-state index contributed by atoms with van der Waals surface area (Å²) in [4.78, 5) is 19.3. The molecule has 0 fully saturated rings. The molecule has 0 saturated carbocycles. The molecule has 1 atom stereocenters. The van der Waals surface area contributed by atoms with Gasteiger partial charge in [0, 0.05) is 27.0 Å². The summed E-state index contributed by atoms with van der Waals surface area (Å²) >= 11 is 9.15. The number of thioether (sulfide) groups is 1. The van der Waals surface area contributed by atoms with E-state index in [4.69, 9.17) is 21.7 Å². The molecule has 1 aliphatic rings. The second-order valence-electron chi connectivity index (χ2n) is 8.43. The molecular weight excluding hydrogens is 498 g/mol. The minimum atomic E-state index is -0.366. The molecule has 5 rings (SSSR count). The summed E-state index contributed by atoms with van der Waals surface area (Å²) in [5, 5.41) is 14.6. The predicted molar refractivity (Wildman–Crippen MR) is 144 cm³/mol. The summed E-state index contributed by atoms with van der Waals surface area (Å²) < 4.78 is 1.82. The Labute approximate surface area is 217 Å². The monoisotopic (exact) mass is 521 g/mol. The van der Waals surface area contributed by atoms with Crippen LogP contribution in [0, 0.1) is 13.8 Å². The Morgan fingerprint density at radius 3 is 2.69 bits per heavy atom. The van der Waals surface area contributed by atoms with Crippen LogP contribution in [0.2, 0.25) is 5.02 Å². The van der Waals surface area contributed by atoms with Gasteiger partial charge in [-0.05, 0) is 61.5 Å². The van der Waals surface area contributed by atoms with E-state index in [1.807, 2.05) is 79.4 Å². The third-order valence-corrected chi connectivity index (χ3v) is 7.89. The van der Waals surface area contributed by atoms with Crippen LogP contribution in [0.25, 0.3) is 0 Å². The molecule has 9 heteroatoms. The van der Waals surface area contributed by atoms with Gasteiger partial charge in [-0.15, -0.1) is 16.4 Å². The van der Waals surface area contributed by atoms with Crippen LogP contribution in [-0.2, 0) is 10.5 Å². The standard InChI is InChI=1S/C26H24ClN5OS2/c1-15-6-11-20(16(2)13-15)29-24(33)22-17(3)28-25-30-26(35-14-18-7-9-19(27)10-8-18)31-32(25)23(22)21-5-4-12-34-21/h4-13,23H,14H2,1-3H3,(H,29,33)(H,28,30,31)/t23-/m1/s1. The van der Waals surface area contributed by atoms with Crippen LogP contribution >= 0.6 is 34.7 Å². The molecule has 0 saturated heterocycles. The summed E-state index contributed by atoms with van der Waals surface area (Å²) in [6.07, 6.45) is 0. The van der Waals surface area contributed by atoms with Crippen LogP contribution in [0.3, 0.4) is 0 Å². The summed E-state index contributed by atoms with van der Waals surface area (Å²) in [7, 11) is 0. The third-order valence-electron chi connectivity index (χ3n) is 5.80. The van der Waals surface area contributed by atoms with E-state index in [1.54, 1.807) is 23.1 Å². The van der Waals surface area contributed by atoms with Gasteiger partial charge in [0.1, 0.15) is 6.04 Å². The van der Waals surface area contributed by atoms with E-state index in [0.717, 1.165) is 38.7 Å². The van der Waals surface area contributed by atoms with Crippen molar-refractivity contribution in [1.82, 2.24) is 14.8 Å². The lowest BCUT2D eigenvalue weighted by molar-refractivity contribution is -0.113. The fourth-order valence-electron chi connectivity index (χ4n) is 4.07. The number of halogens is 1. The first-order valence-electron chi connectivity index (χ1n) is 11.1. The lowest BCUT2D eigenvalue weighted by Crippen LogP contribution is -2.31. The van der Waals surface area contributed by atoms with E-state index in [-0.39, 0.29) is 11.9 Å². The van der Waals surface area contributed by atoms with E-state index in [0.29, 0.717) is 21.7 Å². The molecule has 0 aliphatic carbocycles. The fourth-order valence-corrected chi connectivity index (χ4v) is 5.80. The van der Waals surface area contributed by atoms with Crippen molar-refractivity contribution in [3.8, 4) is 0 Å². The highest BCUT2D eigenvalue weighted by Gasteiger charge is 2.35. The van der Waals surface area contributed by atoms with Crippen LogP contribution in [-0.4, -0.2) is 20.7 Å². The van der Waals surface area contributed by atoms with Crippen molar-refractivity contribution >= 4 is 52.2 Å². The molecule has 1 amide bonds. The first-order valence-corrected chi connectivity index (χ1v) is 13.4. The molecule has 2 aromatic carbocycles. The largest absolute Gasteiger partial charge is 0.328 e. The number of thiophene rings is 1. The highest BCUT2D eigenvalue weighted by atomic mass is 35.5. The number of hydrogen-bond donors (Lipinski definition) is 2. The van der Waals surface area contributed by atoms with Crippen LogP contribution in [0.1, 0.15) is 34.5 Å². The van der Waals surface area contributed by atoms with Gasteiger partial charge in [0.2, 0.25) is 11.1 Å². The van der Waals surface area contributed by atoms with E-state index in [2.05, 4.69) is 16.7 Å². The number of aromatic nitrogens is 3. The average Bonchev–Trinajstić information content (AvgIpc) is 3.49. The average molecular weight is 522 g/mol. The quantitative estimate of drug-likeness (QED) is 0.272. The SMILES string of the molecule is CC1=C(C(=O)Nc2ccc(C)cc2C)[C@@H](c2cccs2)n2nc(SCc3ccc(Cl)cc3)nc2N1. The second kappa shape index (κ2) is 9.89. The Kier molecular flexibility index (Phi) is 6.69. The first kappa shape index (κ1) is 23.7. The van der Waals surface area contributed by atoms with Crippen molar-refractivity contribution in [3.05, 3.63) is 97.8 Å². The van der Waals surface area contributed by atoms with Crippen molar-refractivity contribution < 1.29 is 4.79 Å². The Morgan fingerprint density at radius 2 is 1.97 bits per heavy atom. The minimum Gasteiger partial charge on any atom is -0.328 e. The molecule has 35 heavy (non-hydrogen) atoms. The molecule has 6 nitrogen and oxygen atoms in total. The second-order valence-corrected chi connectivity index (χ2v) is 10.8. The van der Waals surface area contributed by atoms with Crippen molar-refractivity contribution in [2.24, 2.45) is 0 Å². The molecule has 2 aromatic heterocycles. The maximum absolute atomic E-state index is 13.6. The van der Waals surface area contributed by atoms with Crippen LogP contribution in [0.15, 0.2) is 76.4 Å². The number of fused-ring (bicyclic) bond motifs is 1. The van der Waals surface area contributed by atoms with Crippen molar-refractivity contribution in [2.75, 3.05) is 10.6 Å². The zero-order valence-electron chi connectivity index (χ0n) is 19.5. The molecule has 0 bridgehead atoms. The lowest BCUT2D eigenvalue weighted by Gasteiger charge is -2.27. The van der Waals surface area contributed by atoms with Crippen molar-refractivity contribution in [1.29, 1.82) is 0 Å². The maximum atomic E-state index is 13.6. The minimum absolute atomic E-state index is 0.156. The number of allylic oxidation sites excluding steroid dienone is 1. The summed E-state index contributed by atoms with van der Waals surface area (Å²) in [6, 6.07) is 17.4. The number of anilines is 2. The van der Waals surface area contributed by atoms with E-state index >= 15 is 0 Å². The smallest absolute Gasteiger partial charge is 0.255 e. The number of rotatable bonds is 6. The number of nitrogens with one attached hydrogen (secondary N) is 2. The van der Waals surface area contributed by atoms with Crippen LogP contribution < -0.4 is 10.6 Å². The fraction of sp³-hybridized carbons (Fsp3) is 0.192. The van der Waals surface area contributed by atoms with Crippen LogP contribution in [0.4, 0.5) is 11.6 Å². The summed E-state index contributed by atoms with van der Waals surface area (Å²) in [6.45, 7) is 5.95. The summed E-state index contributed by atoms with van der Waals surface area (Å²) in [5.41, 5.74) is 5.50. The molecule has 0 radical (unpaired) electrons. The zero-order valence-corrected chi connectivity index (χ0v) is 21.9. The molecule has 0 spiro atoms. The number of hydrogen-bond acceptors (Lipinski definition) is 6. The number of carbonyl (C=O) groups excluding carboxylic acids is 1. The maximum Gasteiger partial charge on any atom is 0.255 e. The lowest BCUT2D eigenvalue weighted by atomic mass is 10.0. The van der Waals surface area contributed by atoms with Gasteiger partial charge in [-0.1, -0.05) is 59.3 Å². The number of benzene rings is 2. The van der Waals surface area contributed by atoms with Gasteiger partial charge < -0.3 is 10.6 Å². The predicted octanol–water partition coefficient (Wildman–Crippen LogP) is 6.83. The molecule has 2 N–H and O–H groups in total. The Hall–Kier alpha value is -3.07. The van der Waals surface area contributed by atoms with Gasteiger partial charge >= 0.3 is 0 Å². The topological polar surface area (TPSA) is 71.8 Å². The van der Waals surface area contributed by atoms with E-state index in [9.17, 15) is 4.79 Å². The van der Waals surface area contributed by atoms with Crippen molar-refractivity contribution in [2.45, 2.75) is 37.7 Å². The normalized spacial score (nSPS) is 15.0. The number of carbonyl (C=O) groups is 1. The molecule has 4 aromatic rings. The Balaban J connectivity index is 1.44. The Morgan fingerprint density at radius 1 is 1.17 bits per heavy atom. The third kappa shape index (κ3) is 5.00. The Bertz CT molecular complexity index is 1410. The number of amides is 1. The van der Waals surface area contributed by atoms with Gasteiger partial charge in [-0.3, -0.25) is 4.79 Å². The first-order chi connectivity index (χ1) is 16.9. The van der Waals surface area contributed by atoms with Crippen LogP contribution in [0.5, 0.6) is 0 Å². The van der Waals surface area contributed by atoms with Gasteiger partial charge in [0.05, 0.1) is 5.57 Å². The van der Waals surface area contributed by atoms with Gasteiger partial charge in [-0.2, -0.15) is 4.98 Å². The highest BCUT2D eigenvalue weighted by molar-refractivity contribution is 7.98. The molecule has 1 aliphatic heterocycles.